The summed E-state index contributed by atoms with van der Waals surface area (Å²) in [5, 5.41) is 3.21. The Labute approximate surface area is 172 Å². The quantitative estimate of drug-likeness (QED) is 0.666. The average molecular weight is 412 g/mol. The number of nitrogens with zero attached hydrogens (tertiary/aromatic N) is 2. The van der Waals surface area contributed by atoms with Crippen molar-refractivity contribution in [2.75, 3.05) is 18.5 Å². The smallest absolute Gasteiger partial charge is 0.230 e. The van der Waals surface area contributed by atoms with Crippen LogP contribution in [0.5, 0.6) is 17.2 Å². The Balaban J connectivity index is 1.43. The van der Waals surface area contributed by atoms with Gasteiger partial charge in [-0.1, -0.05) is 11.6 Å². The fraction of sp³-hybridized carbons (Fsp3) is 0.190. The second-order valence-electron chi connectivity index (χ2n) is 6.32. The van der Waals surface area contributed by atoms with E-state index in [1.54, 1.807) is 42.9 Å². The standard InChI is InChI=1S/C21H18ClN3O4/c22-16-10-15(11-18-20(16)28-9-8-27-18)12-19(26)25-21-17(2-1-5-24-21)29-13-14-3-6-23-7-4-14/h1-7,10-11H,8-9,12-13H2,(H,24,25,26). The number of carbonyl (C=O) groups is 1. The van der Waals surface area contributed by atoms with Gasteiger partial charge >= 0.3 is 0 Å². The summed E-state index contributed by atoms with van der Waals surface area (Å²) in [6.07, 6.45) is 5.10. The molecule has 0 spiro atoms. The maximum absolute atomic E-state index is 12.6. The third-order valence-electron chi connectivity index (χ3n) is 4.19. The largest absolute Gasteiger partial charge is 0.486 e. The van der Waals surface area contributed by atoms with Gasteiger partial charge in [-0.15, -0.1) is 0 Å². The SMILES string of the molecule is O=C(Cc1cc(Cl)c2c(c1)OCCO2)Nc1ncccc1OCc1ccncc1. The Hall–Kier alpha value is -3.32. The molecular formula is C21H18ClN3O4. The molecule has 0 radical (unpaired) electrons. The zero-order valence-electron chi connectivity index (χ0n) is 15.4. The number of rotatable bonds is 6. The number of ether oxygens (including phenoxy) is 3. The number of hydrogen-bond acceptors (Lipinski definition) is 6. The van der Waals surface area contributed by atoms with Gasteiger partial charge in [0.25, 0.3) is 0 Å². The maximum atomic E-state index is 12.6. The molecule has 0 atom stereocenters. The number of anilines is 1. The average Bonchev–Trinajstić information content (AvgIpc) is 2.74. The third-order valence-corrected chi connectivity index (χ3v) is 4.47. The van der Waals surface area contributed by atoms with Crippen LogP contribution in [0.1, 0.15) is 11.1 Å². The van der Waals surface area contributed by atoms with E-state index in [0.29, 0.717) is 53.5 Å². The molecule has 7 nitrogen and oxygen atoms in total. The van der Waals surface area contributed by atoms with E-state index in [4.69, 9.17) is 25.8 Å². The molecule has 0 unspecified atom stereocenters. The van der Waals surface area contributed by atoms with Gasteiger partial charge in [-0.2, -0.15) is 0 Å². The number of halogens is 1. The number of nitrogens with one attached hydrogen (secondary N) is 1. The van der Waals surface area contributed by atoms with Crippen molar-refractivity contribution in [3.05, 3.63) is 71.1 Å². The molecule has 1 N–H and O–H groups in total. The Kier molecular flexibility index (Phi) is 5.76. The molecule has 1 aliphatic heterocycles. The lowest BCUT2D eigenvalue weighted by Crippen LogP contribution is -2.18. The molecule has 3 heterocycles. The van der Waals surface area contributed by atoms with Gasteiger partial charge in [0.1, 0.15) is 19.8 Å². The molecule has 1 amide bonds. The van der Waals surface area contributed by atoms with Crippen LogP contribution in [0.4, 0.5) is 5.82 Å². The first-order valence-corrected chi connectivity index (χ1v) is 9.41. The number of pyridine rings is 2. The van der Waals surface area contributed by atoms with Gasteiger partial charge in [-0.3, -0.25) is 9.78 Å². The Morgan fingerprint density at radius 1 is 1.10 bits per heavy atom. The molecule has 29 heavy (non-hydrogen) atoms. The zero-order chi connectivity index (χ0) is 20.1. The van der Waals surface area contributed by atoms with Gasteiger partial charge in [-0.05, 0) is 47.5 Å². The molecule has 3 aromatic rings. The van der Waals surface area contributed by atoms with E-state index in [-0.39, 0.29) is 12.3 Å². The third kappa shape index (κ3) is 4.75. The molecule has 8 heteroatoms. The highest BCUT2D eigenvalue weighted by Crippen LogP contribution is 2.38. The lowest BCUT2D eigenvalue weighted by Gasteiger charge is -2.20. The highest BCUT2D eigenvalue weighted by Gasteiger charge is 2.18. The molecule has 0 aliphatic carbocycles. The van der Waals surface area contributed by atoms with E-state index >= 15 is 0 Å². The summed E-state index contributed by atoms with van der Waals surface area (Å²) in [4.78, 5) is 20.8. The highest BCUT2D eigenvalue weighted by atomic mass is 35.5. The first kappa shape index (κ1) is 19.0. The van der Waals surface area contributed by atoms with Crippen LogP contribution >= 0.6 is 11.6 Å². The van der Waals surface area contributed by atoms with E-state index in [0.717, 1.165) is 5.56 Å². The van der Waals surface area contributed by atoms with Crippen molar-refractivity contribution in [1.29, 1.82) is 0 Å². The Morgan fingerprint density at radius 2 is 1.93 bits per heavy atom. The van der Waals surface area contributed by atoms with Gasteiger partial charge in [-0.25, -0.2) is 4.98 Å². The first-order chi connectivity index (χ1) is 14.2. The number of hydrogen-bond donors (Lipinski definition) is 1. The fourth-order valence-electron chi connectivity index (χ4n) is 2.87. The van der Waals surface area contributed by atoms with Crippen LogP contribution in [-0.4, -0.2) is 29.1 Å². The van der Waals surface area contributed by atoms with Crippen molar-refractivity contribution in [2.45, 2.75) is 13.0 Å². The van der Waals surface area contributed by atoms with E-state index < -0.39 is 0 Å². The van der Waals surface area contributed by atoms with Crippen molar-refractivity contribution in [3.63, 3.8) is 0 Å². The van der Waals surface area contributed by atoms with E-state index in [1.807, 2.05) is 12.1 Å². The minimum absolute atomic E-state index is 0.108. The second kappa shape index (κ2) is 8.79. The monoisotopic (exact) mass is 411 g/mol. The Morgan fingerprint density at radius 3 is 2.79 bits per heavy atom. The molecular weight excluding hydrogens is 394 g/mol. The first-order valence-electron chi connectivity index (χ1n) is 9.03. The van der Waals surface area contributed by atoms with Gasteiger partial charge < -0.3 is 19.5 Å². The van der Waals surface area contributed by atoms with Crippen LogP contribution in [0.25, 0.3) is 0 Å². The van der Waals surface area contributed by atoms with Crippen LogP contribution < -0.4 is 19.5 Å². The summed E-state index contributed by atoms with van der Waals surface area (Å²) in [5.74, 6) is 1.66. The van der Waals surface area contributed by atoms with Crippen molar-refractivity contribution < 1.29 is 19.0 Å². The highest BCUT2D eigenvalue weighted by molar-refractivity contribution is 6.32. The summed E-state index contributed by atoms with van der Waals surface area (Å²) in [6.45, 7) is 1.24. The van der Waals surface area contributed by atoms with Crippen molar-refractivity contribution >= 4 is 23.3 Å². The van der Waals surface area contributed by atoms with Crippen molar-refractivity contribution in [2.24, 2.45) is 0 Å². The number of aromatic nitrogens is 2. The molecule has 1 aliphatic rings. The van der Waals surface area contributed by atoms with Crippen LogP contribution in [0.15, 0.2) is 55.0 Å². The minimum Gasteiger partial charge on any atom is -0.486 e. The van der Waals surface area contributed by atoms with Crippen molar-refractivity contribution in [3.8, 4) is 17.2 Å². The maximum Gasteiger partial charge on any atom is 0.230 e. The lowest BCUT2D eigenvalue weighted by molar-refractivity contribution is -0.115. The van der Waals surface area contributed by atoms with Gasteiger partial charge in [0.05, 0.1) is 11.4 Å². The molecule has 0 saturated carbocycles. The van der Waals surface area contributed by atoms with Crippen LogP contribution in [0.3, 0.4) is 0 Å². The Bertz CT molecular complexity index is 1010. The van der Waals surface area contributed by atoms with Crippen LogP contribution in [0, 0.1) is 0 Å². The molecule has 1 aromatic carbocycles. The van der Waals surface area contributed by atoms with E-state index in [2.05, 4.69) is 15.3 Å². The summed E-state index contributed by atoms with van der Waals surface area (Å²) in [5.41, 5.74) is 1.68. The van der Waals surface area contributed by atoms with Crippen molar-refractivity contribution in [1.82, 2.24) is 9.97 Å². The summed E-state index contributed by atoms with van der Waals surface area (Å²) < 4.78 is 16.9. The molecule has 0 fully saturated rings. The van der Waals surface area contributed by atoms with E-state index in [1.165, 1.54) is 0 Å². The zero-order valence-corrected chi connectivity index (χ0v) is 16.2. The minimum atomic E-state index is -0.245. The van der Waals surface area contributed by atoms with Gasteiger partial charge in [0.15, 0.2) is 23.1 Å². The number of benzene rings is 1. The normalized spacial score (nSPS) is 12.3. The fourth-order valence-corrected chi connectivity index (χ4v) is 3.16. The topological polar surface area (TPSA) is 82.6 Å². The van der Waals surface area contributed by atoms with Gasteiger partial charge in [0, 0.05) is 18.6 Å². The predicted octanol–water partition coefficient (Wildman–Crippen LogP) is 3.66. The molecule has 0 bridgehead atoms. The number of amides is 1. The molecule has 148 valence electrons. The van der Waals surface area contributed by atoms with Gasteiger partial charge in [0.2, 0.25) is 5.91 Å². The molecule has 0 saturated heterocycles. The summed E-state index contributed by atoms with van der Waals surface area (Å²) in [6, 6.07) is 10.7. The molecule has 2 aromatic heterocycles. The lowest BCUT2D eigenvalue weighted by atomic mass is 10.1. The van der Waals surface area contributed by atoms with Crippen LogP contribution in [-0.2, 0) is 17.8 Å². The number of fused-ring (bicyclic) bond motifs is 1. The summed E-state index contributed by atoms with van der Waals surface area (Å²) >= 11 is 6.24. The predicted molar refractivity (Wildman–Crippen MR) is 108 cm³/mol. The summed E-state index contributed by atoms with van der Waals surface area (Å²) in [7, 11) is 0. The second-order valence-corrected chi connectivity index (χ2v) is 6.73. The van der Waals surface area contributed by atoms with Crippen LogP contribution in [0.2, 0.25) is 5.02 Å². The molecule has 4 rings (SSSR count). The number of carbonyl (C=O) groups excluding carboxylic acids is 1. The van der Waals surface area contributed by atoms with E-state index in [9.17, 15) is 4.79 Å².